The SMILES string of the molecule is CC.CCN1CCCc2c1ccn1ncc(C)c21. The van der Waals surface area contributed by atoms with E-state index in [1.807, 2.05) is 24.6 Å². The topological polar surface area (TPSA) is 20.5 Å². The van der Waals surface area contributed by atoms with Gasteiger partial charge in [0.1, 0.15) is 0 Å². The third kappa shape index (κ3) is 1.98. The van der Waals surface area contributed by atoms with Gasteiger partial charge < -0.3 is 4.90 Å². The van der Waals surface area contributed by atoms with E-state index in [-0.39, 0.29) is 0 Å². The van der Waals surface area contributed by atoms with Crippen molar-refractivity contribution < 1.29 is 0 Å². The average Bonchev–Trinajstić information content (AvgIpc) is 2.82. The summed E-state index contributed by atoms with van der Waals surface area (Å²) in [5.74, 6) is 0. The van der Waals surface area contributed by atoms with Crippen LogP contribution in [0.15, 0.2) is 18.5 Å². The molecule has 0 N–H and O–H groups in total. The number of hydrogen-bond donors (Lipinski definition) is 0. The summed E-state index contributed by atoms with van der Waals surface area (Å²) in [5.41, 5.74) is 5.49. The van der Waals surface area contributed by atoms with Crippen molar-refractivity contribution in [2.75, 3.05) is 18.0 Å². The van der Waals surface area contributed by atoms with Crippen LogP contribution in [0.25, 0.3) is 5.52 Å². The van der Waals surface area contributed by atoms with E-state index in [1.165, 1.54) is 41.7 Å². The van der Waals surface area contributed by atoms with Crippen LogP contribution >= 0.6 is 0 Å². The van der Waals surface area contributed by atoms with E-state index in [0.29, 0.717) is 0 Å². The van der Waals surface area contributed by atoms with Gasteiger partial charge in [0.25, 0.3) is 0 Å². The van der Waals surface area contributed by atoms with Gasteiger partial charge in [0, 0.05) is 30.5 Å². The van der Waals surface area contributed by atoms with E-state index in [4.69, 9.17) is 0 Å². The Labute approximate surface area is 109 Å². The second-order valence-electron chi connectivity index (χ2n) is 4.48. The number of nitrogens with zero attached hydrogens (tertiary/aromatic N) is 3. The van der Waals surface area contributed by atoms with Gasteiger partial charge in [0.15, 0.2) is 0 Å². The Hall–Kier alpha value is -1.51. The molecule has 0 unspecified atom stereocenters. The fourth-order valence-electron chi connectivity index (χ4n) is 2.74. The molecule has 3 rings (SSSR count). The predicted octanol–water partition coefficient (Wildman–Crippen LogP) is 3.44. The van der Waals surface area contributed by atoms with Gasteiger partial charge in [0.05, 0.1) is 11.7 Å². The van der Waals surface area contributed by atoms with Crippen molar-refractivity contribution in [1.82, 2.24) is 9.61 Å². The molecule has 0 saturated heterocycles. The third-order valence-electron chi connectivity index (χ3n) is 3.52. The van der Waals surface area contributed by atoms with Gasteiger partial charge in [0.2, 0.25) is 0 Å². The molecule has 3 nitrogen and oxygen atoms in total. The Bertz CT molecular complexity index is 528. The zero-order chi connectivity index (χ0) is 13.1. The molecule has 98 valence electrons. The average molecular weight is 245 g/mol. The maximum absolute atomic E-state index is 4.38. The summed E-state index contributed by atoms with van der Waals surface area (Å²) in [6.07, 6.45) is 6.48. The van der Waals surface area contributed by atoms with Crippen molar-refractivity contribution in [2.24, 2.45) is 0 Å². The van der Waals surface area contributed by atoms with Crippen molar-refractivity contribution >= 4 is 11.2 Å². The standard InChI is InChI=1S/C13H17N3.C2H6/c1-3-15-7-4-5-11-12(15)6-8-16-13(11)10(2)9-14-16;1-2/h6,8-9H,3-5,7H2,1-2H3;1-2H3. The monoisotopic (exact) mass is 245 g/mol. The number of rotatable bonds is 1. The number of aromatic nitrogens is 2. The van der Waals surface area contributed by atoms with Gasteiger partial charge >= 0.3 is 0 Å². The third-order valence-corrected chi connectivity index (χ3v) is 3.52. The Morgan fingerprint density at radius 1 is 1.33 bits per heavy atom. The summed E-state index contributed by atoms with van der Waals surface area (Å²) in [7, 11) is 0. The molecule has 0 bridgehead atoms. The van der Waals surface area contributed by atoms with Gasteiger partial charge in [-0.1, -0.05) is 13.8 Å². The van der Waals surface area contributed by atoms with Gasteiger partial charge in [-0.15, -0.1) is 0 Å². The highest BCUT2D eigenvalue weighted by molar-refractivity contribution is 5.72. The number of fused-ring (bicyclic) bond motifs is 3. The van der Waals surface area contributed by atoms with E-state index in [1.54, 1.807) is 0 Å². The molecule has 18 heavy (non-hydrogen) atoms. The summed E-state index contributed by atoms with van der Waals surface area (Å²) in [6, 6.07) is 2.21. The van der Waals surface area contributed by atoms with Crippen molar-refractivity contribution in [3.63, 3.8) is 0 Å². The van der Waals surface area contributed by atoms with E-state index in [2.05, 4.69) is 36.1 Å². The Morgan fingerprint density at radius 2 is 2.11 bits per heavy atom. The Kier molecular flexibility index (Phi) is 3.90. The summed E-state index contributed by atoms with van der Waals surface area (Å²) >= 11 is 0. The first-order valence-electron chi connectivity index (χ1n) is 7.02. The minimum atomic E-state index is 1.09. The lowest BCUT2D eigenvalue weighted by molar-refractivity contribution is 0.706. The highest BCUT2D eigenvalue weighted by Gasteiger charge is 2.19. The molecule has 0 spiro atoms. The second kappa shape index (κ2) is 5.42. The number of hydrogen-bond acceptors (Lipinski definition) is 2. The summed E-state index contributed by atoms with van der Waals surface area (Å²) in [5, 5.41) is 4.38. The van der Waals surface area contributed by atoms with Gasteiger partial charge in [-0.3, -0.25) is 0 Å². The molecule has 0 aliphatic carbocycles. The number of anilines is 1. The molecule has 2 aromatic rings. The lowest BCUT2D eigenvalue weighted by Crippen LogP contribution is -2.29. The van der Waals surface area contributed by atoms with Crippen LogP contribution in [0.3, 0.4) is 0 Å². The lowest BCUT2D eigenvalue weighted by atomic mass is 10.0. The zero-order valence-corrected chi connectivity index (χ0v) is 11.9. The molecular weight excluding hydrogens is 222 g/mol. The van der Waals surface area contributed by atoms with Gasteiger partial charge in [-0.05, 0) is 38.3 Å². The molecule has 1 aliphatic rings. The van der Waals surface area contributed by atoms with Crippen molar-refractivity contribution in [1.29, 1.82) is 0 Å². The first-order chi connectivity index (χ1) is 8.81. The molecule has 0 radical (unpaired) electrons. The van der Waals surface area contributed by atoms with Crippen molar-refractivity contribution in [3.05, 3.63) is 29.6 Å². The van der Waals surface area contributed by atoms with Crippen LogP contribution in [-0.2, 0) is 6.42 Å². The van der Waals surface area contributed by atoms with E-state index in [9.17, 15) is 0 Å². The van der Waals surface area contributed by atoms with E-state index < -0.39 is 0 Å². The smallest absolute Gasteiger partial charge is 0.0743 e. The van der Waals surface area contributed by atoms with Crippen LogP contribution in [0.2, 0.25) is 0 Å². The van der Waals surface area contributed by atoms with Crippen LogP contribution in [-0.4, -0.2) is 22.7 Å². The Balaban J connectivity index is 0.000000574. The fourth-order valence-corrected chi connectivity index (χ4v) is 2.74. The molecule has 3 heteroatoms. The summed E-state index contributed by atoms with van der Waals surface area (Å²) in [4.78, 5) is 2.46. The minimum absolute atomic E-state index is 1.09. The zero-order valence-electron chi connectivity index (χ0n) is 11.9. The minimum Gasteiger partial charge on any atom is -0.371 e. The highest BCUT2D eigenvalue weighted by atomic mass is 15.2. The summed E-state index contributed by atoms with van der Waals surface area (Å²) < 4.78 is 2.01. The second-order valence-corrected chi connectivity index (χ2v) is 4.48. The normalized spacial score (nSPS) is 14.1. The number of pyridine rings is 1. The molecule has 0 atom stereocenters. The molecule has 2 aromatic heterocycles. The molecule has 0 aromatic carbocycles. The fraction of sp³-hybridized carbons (Fsp3) is 0.533. The van der Waals surface area contributed by atoms with Crippen LogP contribution in [0, 0.1) is 6.92 Å². The molecule has 0 saturated carbocycles. The highest BCUT2D eigenvalue weighted by Crippen LogP contribution is 2.31. The largest absolute Gasteiger partial charge is 0.371 e. The van der Waals surface area contributed by atoms with E-state index in [0.717, 1.165) is 6.54 Å². The van der Waals surface area contributed by atoms with Gasteiger partial charge in [-0.2, -0.15) is 5.10 Å². The van der Waals surface area contributed by atoms with Crippen LogP contribution in [0.4, 0.5) is 5.69 Å². The van der Waals surface area contributed by atoms with Gasteiger partial charge in [-0.25, -0.2) is 4.52 Å². The predicted molar refractivity (Wildman–Crippen MR) is 77.5 cm³/mol. The van der Waals surface area contributed by atoms with Crippen LogP contribution in [0.1, 0.15) is 38.3 Å². The quantitative estimate of drug-likeness (QED) is 0.767. The lowest BCUT2D eigenvalue weighted by Gasteiger charge is -2.30. The number of aryl methyl sites for hydroxylation is 2. The maximum atomic E-state index is 4.38. The Morgan fingerprint density at radius 3 is 2.83 bits per heavy atom. The molecular formula is C15H23N3. The molecule has 0 amide bonds. The van der Waals surface area contributed by atoms with E-state index >= 15 is 0 Å². The molecule has 0 fully saturated rings. The first kappa shape index (κ1) is 12.9. The first-order valence-corrected chi connectivity index (χ1v) is 7.02. The van der Waals surface area contributed by atoms with Crippen molar-refractivity contribution in [2.45, 2.75) is 40.5 Å². The van der Waals surface area contributed by atoms with Crippen LogP contribution in [0.5, 0.6) is 0 Å². The summed E-state index contributed by atoms with van der Waals surface area (Å²) in [6.45, 7) is 10.7. The van der Waals surface area contributed by atoms with Crippen LogP contribution < -0.4 is 4.90 Å². The molecule has 3 heterocycles. The maximum Gasteiger partial charge on any atom is 0.0743 e. The van der Waals surface area contributed by atoms with Crippen molar-refractivity contribution in [3.8, 4) is 0 Å². The molecule has 1 aliphatic heterocycles.